The number of benzene rings is 3. The molecule has 1 aliphatic rings. The van der Waals surface area contributed by atoms with Crippen molar-refractivity contribution in [1.29, 1.82) is 0 Å². The monoisotopic (exact) mass is 440 g/mol. The SMILES string of the molecule is O=C1C(=O)N(c2cccc3ccccc23)C(c2ccccn2)/C1=C(\O)c1cccc(Cl)c1. The molecule has 0 spiro atoms. The third kappa shape index (κ3) is 3.24. The lowest BCUT2D eigenvalue weighted by Crippen LogP contribution is -2.30. The summed E-state index contributed by atoms with van der Waals surface area (Å²) in [5.74, 6) is -1.78. The molecule has 0 aliphatic carbocycles. The van der Waals surface area contributed by atoms with E-state index in [4.69, 9.17) is 11.6 Å². The maximum Gasteiger partial charge on any atom is 0.300 e. The quantitative estimate of drug-likeness (QED) is 0.259. The highest BCUT2D eigenvalue weighted by Crippen LogP contribution is 2.43. The van der Waals surface area contributed by atoms with E-state index in [1.54, 1.807) is 54.7 Å². The van der Waals surface area contributed by atoms with Crippen LogP contribution in [0.5, 0.6) is 0 Å². The molecule has 1 saturated heterocycles. The topological polar surface area (TPSA) is 70.5 Å². The average Bonchev–Trinajstić information content (AvgIpc) is 3.09. The van der Waals surface area contributed by atoms with Crippen molar-refractivity contribution in [2.24, 2.45) is 0 Å². The van der Waals surface area contributed by atoms with Gasteiger partial charge in [-0.1, -0.05) is 66.2 Å². The number of rotatable bonds is 3. The van der Waals surface area contributed by atoms with Crippen molar-refractivity contribution in [3.05, 3.63) is 113 Å². The molecule has 1 atom stereocenters. The van der Waals surface area contributed by atoms with Gasteiger partial charge in [-0.15, -0.1) is 0 Å². The van der Waals surface area contributed by atoms with Crippen molar-refractivity contribution in [3.63, 3.8) is 0 Å². The largest absolute Gasteiger partial charge is 0.507 e. The highest BCUT2D eigenvalue weighted by atomic mass is 35.5. The van der Waals surface area contributed by atoms with E-state index in [1.807, 2.05) is 36.4 Å². The molecule has 0 bridgehead atoms. The number of halogens is 1. The molecule has 5 nitrogen and oxygen atoms in total. The second-order valence-electron chi connectivity index (χ2n) is 7.43. The Kier molecular flexibility index (Phi) is 4.96. The number of nitrogens with zero attached hydrogens (tertiary/aromatic N) is 2. The summed E-state index contributed by atoms with van der Waals surface area (Å²) in [6, 6.07) is 24.1. The number of aromatic nitrogens is 1. The molecule has 0 saturated carbocycles. The maximum atomic E-state index is 13.3. The number of pyridine rings is 1. The van der Waals surface area contributed by atoms with E-state index in [9.17, 15) is 14.7 Å². The molecule has 1 unspecified atom stereocenters. The van der Waals surface area contributed by atoms with Crippen LogP contribution in [0.2, 0.25) is 5.02 Å². The Morgan fingerprint density at radius 1 is 0.906 bits per heavy atom. The van der Waals surface area contributed by atoms with Gasteiger partial charge in [0.2, 0.25) is 0 Å². The van der Waals surface area contributed by atoms with Crippen molar-refractivity contribution in [2.45, 2.75) is 6.04 Å². The first-order chi connectivity index (χ1) is 15.6. The summed E-state index contributed by atoms with van der Waals surface area (Å²) in [5, 5.41) is 13.3. The number of carbonyl (C=O) groups excluding carboxylic acids is 2. The fraction of sp³-hybridized carbons (Fsp3) is 0.0385. The van der Waals surface area contributed by atoms with Gasteiger partial charge in [0.25, 0.3) is 11.7 Å². The zero-order chi connectivity index (χ0) is 22.2. The molecular weight excluding hydrogens is 424 g/mol. The number of aliphatic hydroxyl groups excluding tert-OH is 1. The van der Waals surface area contributed by atoms with Crippen molar-refractivity contribution in [1.82, 2.24) is 4.98 Å². The van der Waals surface area contributed by atoms with Crippen LogP contribution >= 0.6 is 11.6 Å². The molecule has 3 aromatic carbocycles. The summed E-state index contributed by atoms with van der Waals surface area (Å²) in [6.45, 7) is 0. The van der Waals surface area contributed by atoms with E-state index in [1.165, 1.54) is 4.90 Å². The molecule has 1 fully saturated rings. The Balaban J connectivity index is 1.78. The standard InChI is InChI=1S/C26H17ClN2O3/c27-18-10-5-9-17(15-18)24(30)22-23(20-12-3-4-14-28-20)29(26(32)25(22)31)21-13-6-8-16-7-1-2-11-19(16)21/h1-15,23,30H/b24-22+. The predicted octanol–water partition coefficient (Wildman–Crippen LogP) is 5.51. The van der Waals surface area contributed by atoms with Crippen molar-refractivity contribution in [2.75, 3.05) is 4.90 Å². The summed E-state index contributed by atoms with van der Waals surface area (Å²) < 4.78 is 0. The number of hydrogen-bond acceptors (Lipinski definition) is 4. The Hall–Kier alpha value is -3.96. The second-order valence-corrected chi connectivity index (χ2v) is 7.87. The number of amides is 1. The first-order valence-electron chi connectivity index (χ1n) is 10.0. The average molecular weight is 441 g/mol. The van der Waals surface area contributed by atoms with E-state index >= 15 is 0 Å². The lowest BCUT2D eigenvalue weighted by Gasteiger charge is -2.25. The van der Waals surface area contributed by atoms with E-state index in [0.717, 1.165) is 10.8 Å². The number of carbonyl (C=O) groups is 2. The van der Waals surface area contributed by atoms with Gasteiger partial charge in [-0.25, -0.2) is 0 Å². The zero-order valence-corrected chi connectivity index (χ0v) is 17.5. The molecule has 156 valence electrons. The minimum atomic E-state index is -0.888. The Morgan fingerprint density at radius 3 is 2.44 bits per heavy atom. The Morgan fingerprint density at radius 2 is 1.66 bits per heavy atom. The number of fused-ring (bicyclic) bond motifs is 1. The first-order valence-corrected chi connectivity index (χ1v) is 10.4. The van der Waals surface area contributed by atoms with Gasteiger partial charge in [0.05, 0.1) is 17.0 Å². The molecule has 0 radical (unpaired) electrons. The molecule has 4 aromatic rings. The van der Waals surface area contributed by atoms with Gasteiger partial charge in [-0.3, -0.25) is 19.5 Å². The van der Waals surface area contributed by atoms with Crippen LogP contribution in [-0.4, -0.2) is 21.8 Å². The fourth-order valence-corrected chi connectivity index (χ4v) is 4.30. The first kappa shape index (κ1) is 20.0. The van der Waals surface area contributed by atoms with E-state index < -0.39 is 17.7 Å². The molecule has 2 heterocycles. The summed E-state index contributed by atoms with van der Waals surface area (Å²) in [4.78, 5) is 32.4. The lowest BCUT2D eigenvalue weighted by molar-refractivity contribution is -0.132. The molecule has 1 aliphatic heterocycles. The minimum Gasteiger partial charge on any atom is -0.507 e. The summed E-state index contributed by atoms with van der Waals surface area (Å²) in [7, 11) is 0. The van der Waals surface area contributed by atoms with Crippen LogP contribution in [0.3, 0.4) is 0 Å². The molecule has 5 rings (SSSR count). The van der Waals surface area contributed by atoms with Crippen LogP contribution in [0.4, 0.5) is 5.69 Å². The van der Waals surface area contributed by atoms with E-state index in [2.05, 4.69) is 4.98 Å². The van der Waals surface area contributed by atoms with E-state index in [-0.39, 0.29) is 11.3 Å². The molecule has 6 heteroatoms. The Bertz CT molecular complexity index is 1390. The number of aliphatic hydroxyl groups is 1. The van der Waals surface area contributed by atoms with Crippen LogP contribution in [-0.2, 0) is 9.59 Å². The van der Waals surface area contributed by atoms with E-state index in [0.29, 0.717) is 22.0 Å². The minimum absolute atomic E-state index is 0.0242. The summed E-state index contributed by atoms with van der Waals surface area (Å²) >= 11 is 6.10. The van der Waals surface area contributed by atoms with Crippen LogP contribution in [0, 0.1) is 0 Å². The van der Waals surface area contributed by atoms with Gasteiger partial charge < -0.3 is 5.11 Å². The molecule has 32 heavy (non-hydrogen) atoms. The van der Waals surface area contributed by atoms with Gasteiger partial charge in [-0.05, 0) is 35.7 Å². The third-order valence-corrected chi connectivity index (χ3v) is 5.77. The predicted molar refractivity (Wildman–Crippen MR) is 124 cm³/mol. The van der Waals surface area contributed by atoms with Gasteiger partial charge >= 0.3 is 0 Å². The van der Waals surface area contributed by atoms with Gasteiger partial charge in [0.1, 0.15) is 11.8 Å². The van der Waals surface area contributed by atoms with Crippen LogP contribution in [0.1, 0.15) is 17.3 Å². The normalized spacial score (nSPS) is 17.8. The zero-order valence-electron chi connectivity index (χ0n) is 16.8. The fourth-order valence-electron chi connectivity index (χ4n) is 4.11. The molecule has 1 amide bonds. The number of anilines is 1. The van der Waals surface area contributed by atoms with Gasteiger partial charge in [0, 0.05) is 22.2 Å². The van der Waals surface area contributed by atoms with Crippen molar-refractivity contribution >= 4 is 45.5 Å². The highest BCUT2D eigenvalue weighted by Gasteiger charge is 2.48. The molecule has 1 N–H and O–H groups in total. The number of ketones is 1. The van der Waals surface area contributed by atoms with Gasteiger partial charge in [0.15, 0.2) is 0 Å². The summed E-state index contributed by atoms with van der Waals surface area (Å²) in [6.07, 6.45) is 1.60. The van der Waals surface area contributed by atoms with Crippen LogP contribution in [0.25, 0.3) is 16.5 Å². The number of hydrogen-bond donors (Lipinski definition) is 1. The Labute approximate surface area is 189 Å². The van der Waals surface area contributed by atoms with Crippen LogP contribution in [0.15, 0.2) is 96.7 Å². The maximum absolute atomic E-state index is 13.3. The summed E-state index contributed by atoms with van der Waals surface area (Å²) in [5.41, 5.74) is 1.38. The molecular formula is C26H17ClN2O3. The smallest absolute Gasteiger partial charge is 0.300 e. The van der Waals surface area contributed by atoms with Gasteiger partial charge in [-0.2, -0.15) is 0 Å². The lowest BCUT2D eigenvalue weighted by atomic mass is 9.98. The van der Waals surface area contributed by atoms with Crippen molar-refractivity contribution < 1.29 is 14.7 Å². The third-order valence-electron chi connectivity index (χ3n) is 5.54. The van der Waals surface area contributed by atoms with Crippen molar-refractivity contribution in [3.8, 4) is 0 Å². The van der Waals surface area contributed by atoms with Crippen LogP contribution < -0.4 is 4.90 Å². The second kappa shape index (κ2) is 7.94. The molecule has 1 aromatic heterocycles. The number of Topliss-reactive ketones (excluding diaryl/α,β-unsaturated/α-hetero) is 1. The highest BCUT2D eigenvalue weighted by molar-refractivity contribution is 6.52.